The molecule has 2 fully saturated rings. The molecule has 1 atom stereocenters. The van der Waals surface area contributed by atoms with Crippen LogP contribution in [0.15, 0.2) is 4.52 Å². The van der Waals surface area contributed by atoms with Gasteiger partial charge in [-0.15, -0.1) is 0 Å². The molecule has 1 unspecified atom stereocenters. The van der Waals surface area contributed by atoms with E-state index < -0.39 is 15.4 Å². The second kappa shape index (κ2) is 3.52. The fraction of sp³-hybridized carbons (Fsp3) is 0.800. The van der Waals surface area contributed by atoms with Gasteiger partial charge in [0, 0.05) is 5.92 Å². The Bertz CT molecular complexity index is 533. The molecule has 3 rings (SSSR count). The summed E-state index contributed by atoms with van der Waals surface area (Å²) in [5, 5.41) is 3.88. The second-order valence-electron chi connectivity index (χ2n) is 5.07. The van der Waals surface area contributed by atoms with Crippen molar-refractivity contribution in [3.8, 4) is 0 Å². The van der Waals surface area contributed by atoms with Crippen molar-refractivity contribution in [2.45, 2.75) is 37.1 Å². The Morgan fingerprint density at radius 3 is 2.71 bits per heavy atom. The molecule has 1 saturated heterocycles. The van der Waals surface area contributed by atoms with Gasteiger partial charge in [-0.3, -0.25) is 0 Å². The van der Waals surface area contributed by atoms with Gasteiger partial charge in [0.1, 0.15) is 0 Å². The van der Waals surface area contributed by atoms with Gasteiger partial charge in [-0.2, -0.15) is 4.98 Å². The lowest BCUT2D eigenvalue weighted by Gasteiger charge is -2.33. The summed E-state index contributed by atoms with van der Waals surface area (Å²) in [7, 11) is -2.91. The SMILES string of the molecule is NC1(c2nc(C3CCS(=O)(=O)C3)no2)CCC1. The Kier molecular flexibility index (Phi) is 2.31. The summed E-state index contributed by atoms with van der Waals surface area (Å²) in [6.45, 7) is 0. The number of sulfone groups is 1. The maximum Gasteiger partial charge on any atom is 0.246 e. The summed E-state index contributed by atoms with van der Waals surface area (Å²) in [4.78, 5) is 4.28. The summed E-state index contributed by atoms with van der Waals surface area (Å²) in [6, 6.07) is 0. The Balaban J connectivity index is 1.81. The molecule has 2 N–H and O–H groups in total. The van der Waals surface area contributed by atoms with Crippen LogP contribution in [0, 0.1) is 0 Å². The van der Waals surface area contributed by atoms with E-state index >= 15 is 0 Å². The van der Waals surface area contributed by atoms with Crippen LogP contribution in [0.25, 0.3) is 0 Å². The van der Waals surface area contributed by atoms with Gasteiger partial charge >= 0.3 is 0 Å². The highest BCUT2D eigenvalue weighted by atomic mass is 32.2. The largest absolute Gasteiger partial charge is 0.337 e. The molecule has 1 aliphatic carbocycles. The van der Waals surface area contributed by atoms with E-state index in [1.54, 1.807) is 0 Å². The van der Waals surface area contributed by atoms with Gasteiger partial charge in [0.2, 0.25) is 5.89 Å². The van der Waals surface area contributed by atoms with E-state index in [-0.39, 0.29) is 17.4 Å². The van der Waals surface area contributed by atoms with Crippen molar-refractivity contribution in [2.75, 3.05) is 11.5 Å². The number of hydrogen-bond acceptors (Lipinski definition) is 6. The molecule has 2 aliphatic rings. The van der Waals surface area contributed by atoms with Gasteiger partial charge in [-0.1, -0.05) is 5.16 Å². The van der Waals surface area contributed by atoms with Gasteiger partial charge in [-0.25, -0.2) is 8.42 Å². The molecule has 7 heteroatoms. The fourth-order valence-corrected chi connectivity index (χ4v) is 4.11. The normalized spacial score (nSPS) is 30.1. The summed E-state index contributed by atoms with van der Waals surface area (Å²) >= 11 is 0. The molecule has 2 heterocycles. The molecule has 0 radical (unpaired) electrons. The third-order valence-electron chi connectivity index (χ3n) is 3.71. The van der Waals surface area contributed by atoms with Gasteiger partial charge in [0.15, 0.2) is 15.7 Å². The van der Waals surface area contributed by atoms with Crippen LogP contribution in [-0.4, -0.2) is 30.1 Å². The van der Waals surface area contributed by atoms with Crippen LogP contribution in [0.5, 0.6) is 0 Å². The Hall–Kier alpha value is -0.950. The summed E-state index contributed by atoms with van der Waals surface area (Å²) in [5.41, 5.74) is 5.61. The predicted molar refractivity (Wildman–Crippen MR) is 60.0 cm³/mol. The third kappa shape index (κ3) is 1.87. The van der Waals surface area contributed by atoms with Crippen molar-refractivity contribution in [1.82, 2.24) is 10.1 Å². The molecule has 1 aromatic rings. The first-order valence-electron chi connectivity index (χ1n) is 5.82. The van der Waals surface area contributed by atoms with E-state index in [0.717, 1.165) is 19.3 Å². The highest BCUT2D eigenvalue weighted by Gasteiger charge is 2.41. The number of aromatic nitrogens is 2. The van der Waals surface area contributed by atoms with Crippen LogP contribution in [0.1, 0.15) is 43.3 Å². The minimum atomic E-state index is -2.91. The van der Waals surface area contributed by atoms with Crippen molar-refractivity contribution < 1.29 is 12.9 Å². The van der Waals surface area contributed by atoms with E-state index in [9.17, 15) is 8.42 Å². The quantitative estimate of drug-likeness (QED) is 0.818. The standard InChI is InChI=1S/C10H15N3O3S/c11-10(3-1-4-10)9-12-8(13-16-9)7-2-5-17(14,15)6-7/h7H,1-6,11H2. The smallest absolute Gasteiger partial charge is 0.246 e. The average molecular weight is 257 g/mol. The van der Waals surface area contributed by atoms with Crippen molar-refractivity contribution in [1.29, 1.82) is 0 Å². The van der Waals surface area contributed by atoms with Crippen LogP contribution >= 0.6 is 0 Å². The van der Waals surface area contributed by atoms with E-state index in [1.807, 2.05) is 0 Å². The van der Waals surface area contributed by atoms with Crippen LogP contribution in [0.3, 0.4) is 0 Å². The van der Waals surface area contributed by atoms with Crippen molar-refractivity contribution in [3.05, 3.63) is 11.7 Å². The highest BCUT2D eigenvalue weighted by molar-refractivity contribution is 7.91. The second-order valence-corrected chi connectivity index (χ2v) is 7.30. The van der Waals surface area contributed by atoms with Crippen molar-refractivity contribution in [3.63, 3.8) is 0 Å². The molecule has 1 aromatic heterocycles. The van der Waals surface area contributed by atoms with Crippen molar-refractivity contribution >= 4 is 9.84 Å². The van der Waals surface area contributed by atoms with Gasteiger partial charge in [0.05, 0.1) is 17.0 Å². The van der Waals surface area contributed by atoms with E-state index in [2.05, 4.69) is 10.1 Å². The summed E-state index contributed by atoms with van der Waals surface area (Å²) in [6.07, 6.45) is 3.38. The number of hydrogen-bond donors (Lipinski definition) is 1. The molecule has 6 nitrogen and oxygen atoms in total. The highest BCUT2D eigenvalue weighted by Crippen LogP contribution is 2.38. The van der Waals surface area contributed by atoms with Crippen LogP contribution in [0.2, 0.25) is 0 Å². The van der Waals surface area contributed by atoms with E-state index in [4.69, 9.17) is 10.3 Å². The van der Waals surface area contributed by atoms with Gasteiger partial charge < -0.3 is 10.3 Å². The molecule has 0 bridgehead atoms. The molecular formula is C10H15N3O3S. The van der Waals surface area contributed by atoms with Gasteiger partial charge in [-0.05, 0) is 25.7 Å². The Morgan fingerprint density at radius 2 is 2.18 bits per heavy atom. The fourth-order valence-electron chi connectivity index (χ4n) is 2.37. The first kappa shape index (κ1) is 11.2. The minimum Gasteiger partial charge on any atom is -0.337 e. The van der Waals surface area contributed by atoms with Gasteiger partial charge in [0.25, 0.3) is 0 Å². The summed E-state index contributed by atoms with van der Waals surface area (Å²) in [5.74, 6) is 1.18. The number of nitrogens with zero attached hydrogens (tertiary/aromatic N) is 2. The van der Waals surface area contributed by atoms with Crippen LogP contribution in [-0.2, 0) is 15.4 Å². The lowest BCUT2D eigenvalue weighted by Crippen LogP contribution is -2.43. The first-order valence-corrected chi connectivity index (χ1v) is 7.64. The molecule has 0 aromatic carbocycles. The van der Waals surface area contributed by atoms with Crippen LogP contribution in [0.4, 0.5) is 0 Å². The lowest BCUT2D eigenvalue weighted by molar-refractivity contribution is 0.181. The number of rotatable bonds is 2. The molecular weight excluding hydrogens is 242 g/mol. The minimum absolute atomic E-state index is 0.124. The van der Waals surface area contributed by atoms with Crippen LogP contribution < -0.4 is 5.73 Å². The molecule has 17 heavy (non-hydrogen) atoms. The average Bonchev–Trinajstić information content (AvgIpc) is 2.80. The zero-order valence-electron chi connectivity index (χ0n) is 9.42. The molecule has 1 saturated carbocycles. The van der Waals surface area contributed by atoms with E-state index in [0.29, 0.717) is 18.1 Å². The third-order valence-corrected chi connectivity index (χ3v) is 5.48. The van der Waals surface area contributed by atoms with E-state index in [1.165, 1.54) is 0 Å². The topological polar surface area (TPSA) is 99.1 Å². The lowest BCUT2D eigenvalue weighted by atomic mass is 9.78. The van der Waals surface area contributed by atoms with Crippen molar-refractivity contribution in [2.24, 2.45) is 5.73 Å². The summed E-state index contributed by atoms with van der Waals surface area (Å²) < 4.78 is 27.9. The maximum atomic E-state index is 11.4. The molecule has 1 aliphatic heterocycles. The molecule has 0 spiro atoms. The zero-order chi connectivity index (χ0) is 12.1. The Labute approximate surface area is 99.5 Å². The monoisotopic (exact) mass is 257 g/mol. The molecule has 94 valence electrons. The predicted octanol–water partition coefficient (Wildman–Crippen LogP) is 0.310. The zero-order valence-corrected chi connectivity index (χ0v) is 10.2. The first-order chi connectivity index (χ1) is 7.99. The molecule has 0 amide bonds. The number of nitrogens with two attached hydrogens (primary N) is 1. The maximum absolute atomic E-state index is 11.4. The Morgan fingerprint density at radius 1 is 1.41 bits per heavy atom.